The summed E-state index contributed by atoms with van der Waals surface area (Å²) in [4.78, 5) is 0. The number of methoxy groups -OCH3 is 1. The molecule has 3 heteroatoms. The molecule has 110 valence electrons. The number of nitrogens with two attached hydrogens (primary N) is 1. The van der Waals surface area contributed by atoms with Crippen LogP contribution in [0.4, 0.5) is 0 Å². The van der Waals surface area contributed by atoms with E-state index in [1.165, 1.54) is 0 Å². The molecule has 0 saturated carbocycles. The maximum Gasteiger partial charge on any atom is 0.134 e. The molecule has 20 heavy (non-hydrogen) atoms. The van der Waals surface area contributed by atoms with E-state index in [-0.39, 0.29) is 0 Å². The highest BCUT2D eigenvalue weighted by atomic mass is 16.5. The van der Waals surface area contributed by atoms with Crippen LogP contribution in [0.3, 0.4) is 0 Å². The second-order valence-electron chi connectivity index (χ2n) is 5.90. The highest BCUT2D eigenvalue weighted by Crippen LogP contribution is 2.21. The van der Waals surface area contributed by atoms with Crippen molar-refractivity contribution in [3.8, 4) is 17.6 Å². The third-order valence-electron chi connectivity index (χ3n) is 2.85. The lowest BCUT2D eigenvalue weighted by Crippen LogP contribution is -2.09. The third-order valence-corrected chi connectivity index (χ3v) is 2.85. The first-order valence-corrected chi connectivity index (χ1v) is 6.90. The Kier molecular flexibility index (Phi) is 6.57. The first-order chi connectivity index (χ1) is 9.46. The van der Waals surface area contributed by atoms with Gasteiger partial charge in [0.2, 0.25) is 0 Å². The molecule has 1 aromatic carbocycles. The molecule has 0 fully saturated rings. The summed E-state index contributed by atoms with van der Waals surface area (Å²) in [6.07, 6.45) is 1.04. The summed E-state index contributed by atoms with van der Waals surface area (Å²) in [5, 5.41) is 0. The highest BCUT2D eigenvalue weighted by molar-refractivity contribution is 5.48. The summed E-state index contributed by atoms with van der Waals surface area (Å²) in [6, 6.07) is 5.92. The van der Waals surface area contributed by atoms with Gasteiger partial charge in [-0.15, -0.1) is 0 Å². The monoisotopic (exact) mass is 275 g/mol. The van der Waals surface area contributed by atoms with Crippen molar-refractivity contribution in [2.45, 2.75) is 33.8 Å². The van der Waals surface area contributed by atoms with Crippen molar-refractivity contribution in [2.75, 3.05) is 20.3 Å². The highest BCUT2D eigenvalue weighted by Gasteiger charge is 2.09. The molecule has 0 aliphatic rings. The summed E-state index contributed by atoms with van der Waals surface area (Å²) < 4.78 is 11.0. The quantitative estimate of drug-likeness (QED) is 0.663. The molecule has 0 bridgehead atoms. The van der Waals surface area contributed by atoms with Gasteiger partial charge in [0.05, 0.1) is 25.8 Å². The molecule has 2 N–H and O–H groups in total. The second kappa shape index (κ2) is 7.94. The summed E-state index contributed by atoms with van der Waals surface area (Å²) in [5.74, 6) is 6.64. The van der Waals surface area contributed by atoms with Crippen molar-refractivity contribution < 1.29 is 9.47 Å². The first kappa shape index (κ1) is 16.6. The predicted molar refractivity (Wildman–Crippen MR) is 82.7 cm³/mol. The van der Waals surface area contributed by atoms with E-state index >= 15 is 0 Å². The van der Waals surface area contributed by atoms with E-state index in [4.69, 9.17) is 15.2 Å². The number of hydrogen-bond donors (Lipinski definition) is 1. The Morgan fingerprint density at radius 2 is 2.00 bits per heavy atom. The van der Waals surface area contributed by atoms with Gasteiger partial charge in [-0.05, 0) is 29.5 Å². The van der Waals surface area contributed by atoms with Crippen LogP contribution in [0.1, 0.15) is 38.3 Å². The molecule has 0 spiro atoms. The molecule has 0 aliphatic carbocycles. The van der Waals surface area contributed by atoms with Gasteiger partial charge in [0.15, 0.2) is 0 Å². The average molecular weight is 275 g/mol. The fraction of sp³-hybridized carbons (Fsp3) is 0.529. The van der Waals surface area contributed by atoms with Crippen LogP contribution in [0.15, 0.2) is 18.2 Å². The lowest BCUT2D eigenvalue weighted by molar-refractivity contribution is 0.0962. The second-order valence-corrected chi connectivity index (χ2v) is 5.90. The van der Waals surface area contributed by atoms with Gasteiger partial charge >= 0.3 is 0 Å². The number of rotatable bonds is 5. The SMILES string of the molecule is COc1ccc(COCCC(C)(C)C)cc1C#CCN. The minimum atomic E-state index is 0.303. The largest absolute Gasteiger partial charge is 0.495 e. The van der Waals surface area contributed by atoms with Crippen LogP contribution in [0.5, 0.6) is 5.75 Å². The third kappa shape index (κ3) is 6.10. The van der Waals surface area contributed by atoms with E-state index in [0.29, 0.717) is 18.6 Å². The molecule has 0 atom stereocenters. The van der Waals surface area contributed by atoms with Gasteiger partial charge in [-0.3, -0.25) is 0 Å². The van der Waals surface area contributed by atoms with Crippen LogP contribution in [-0.2, 0) is 11.3 Å². The van der Waals surface area contributed by atoms with Crippen LogP contribution in [0.25, 0.3) is 0 Å². The maximum atomic E-state index is 5.72. The number of ether oxygens (including phenoxy) is 2. The van der Waals surface area contributed by atoms with Gasteiger partial charge in [-0.2, -0.15) is 0 Å². The van der Waals surface area contributed by atoms with Crippen LogP contribution in [0.2, 0.25) is 0 Å². The molecular formula is C17H25NO2. The molecule has 0 amide bonds. The zero-order valence-electron chi connectivity index (χ0n) is 13.0. The van der Waals surface area contributed by atoms with Gasteiger partial charge in [0.1, 0.15) is 5.75 Å². The van der Waals surface area contributed by atoms with Crippen LogP contribution >= 0.6 is 0 Å². The minimum Gasteiger partial charge on any atom is -0.495 e. The molecule has 0 aliphatic heterocycles. The Morgan fingerprint density at radius 1 is 1.25 bits per heavy atom. The van der Waals surface area contributed by atoms with Gasteiger partial charge in [-0.25, -0.2) is 0 Å². The van der Waals surface area contributed by atoms with Crippen LogP contribution < -0.4 is 10.5 Å². The Morgan fingerprint density at radius 3 is 2.60 bits per heavy atom. The minimum absolute atomic E-state index is 0.303. The van der Waals surface area contributed by atoms with E-state index in [2.05, 4.69) is 32.6 Å². The van der Waals surface area contributed by atoms with E-state index in [1.54, 1.807) is 7.11 Å². The summed E-state index contributed by atoms with van der Waals surface area (Å²) >= 11 is 0. The van der Waals surface area contributed by atoms with Crippen LogP contribution in [-0.4, -0.2) is 20.3 Å². The molecule has 1 aromatic rings. The van der Waals surface area contributed by atoms with Gasteiger partial charge < -0.3 is 15.2 Å². The van der Waals surface area contributed by atoms with Gasteiger partial charge in [0, 0.05) is 6.61 Å². The normalized spacial score (nSPS) is 10.8. The lowest BCUT2D eigenvalue weighted by Gasteiger charge is -2.17. The predicted octanol–water partition coefficient (Wildman–Crippen LogP) is 2.96. The molecule has 1 rings (SSSR count). The van der Waals surface area contributed by atoms with Crippen molar-refractivity contribution in [2.24, 2.45) is 11.1 Å². The van der Waals surface area contributed by atoms with E-state index in [1.807, 2.05) is 18.2 Å². The van der Waals surface area contributed by atoms with E-state index < -0.39 is 0 Å². The number of benzene rings is 1. The van der Waals surface area contributed by atoms with E-state index in [9.17, 15) is 0 Å². The average Bonchev–Trinajstić information content (AvgIpc) is 2.40. The van der Waals surface area contributed by atoms with E-state index in [0.717, 1.165) is 29.9 Å². The van der Waals surface area contributed by atoms with Crippen molar-refractivity contribution in [3.63, 3.8) is 0 Å². The molecule has 0 heterocycles. The van der Waals surface area contributed by atoms with Gasteiger partial charge in [-0.1, -0.05) is 38.7 Å². The Hall–Kier alpha value is -1.50. The molecule has 0 saturated heterocycles. The van der Waals surface area contributed by atoms with Crippen molar-refractivity contribution in [1.82, 2.24) is 0 Å². The lowest BCUT2D eigenvalue weighted by atomic mass is 9.93. The first-order valence-electron chi connectivity index (χ1n) is 6.90. The fourth-order valence-corrected chi connectivity index (χ4v) is 1.66. The Balaban J connectivity index is 2.63. The summed E-state index contributed by atoms with van der Waals surface area (Å²) in [7, 11) is 1.64. The zero-order chi connectivity index (χ0) is 15.0. The summed E-state index contributed by atoms with van der Waals surface area (Å²) in [5.41, 5.74) is 7.66. The summed E-state index contributed by atoms with van der Waals surface area (Å²) in [6.45, 7) is 8.34. The molecular weight excluding hydrogens is 250 g/mol. The zero-order valence-corrected chi connectivity index (χ0v) is 13.0. The maximum absolute atomic E-state index is 5.72. The Bertz CT molecular complexity index is 478. The molecule has 3 nitrogen and oxygen atoms in total. The number of hydrogen-bond acceptors (Lipinski definition) is 3. The molecule has 0 aromatic heterocycles. The van der Waals surface area contributed by atoms with Crippen molar-refractivity contribution in [1.29, 1.82) is 0 Å². The molecule has 0 radical (unpaired) electrons. The molecule has 0 unspecified atom stereocenters. The smallest absolute Gasteiger partial charge is 0.134 e. The van der Waals surface area contributed by atoms with Crippen molar-refractivity contribution in [3.05, 3.63) is 29.3 Å². The van der Waals surface area contributed by atoms with Crippen molar-refractivity contribution >= 4 is 0 Å². The van der Waals surface area contributed by atoms with Crippen LogP contribution in [0, 0.1) is 17.3 Å². The van der Waals surface area contributed by atoms with Gasteiger partial charge in [0.25, 0.3) is 0 Å². The topological polar surface area (TPSA) is 44.5 Å². The fourth-order valence-electron chi connectivity index (χ4n) is 1.66. The standard InChI is InChI=1S/C17H25NO2/c1-17(2,3)9-11-20-13-14-7-8-16(19-4)15(12-14)6-5-10-18/h7-8,12H,9-11,13,18H2,1-4H3. The Labute approximate surface area is 122 Å².